The molecule has 0 bridgehead atoms. The molecule has 0 spiro atoms. The van der Waals surface area contributed by atoms with Crippen molar-refractivity contribution < 1.29 is 5.11 Å². The Balaban J connectivity index is 1.77. The lowest BCUT2D eigenvalue weighted by Gasteiger charge is -2.05. The number of nitrogens with one attached hydrogen (secondary N) is 2. The third-order valence-electron chi connectivity index (χ3n) is 4.41. The number of rotatable bonds is 5. The van der Waals surface area contributed by atoms with E-state index in [1.54, 1.807) is 12.3 Å². The van der Waals surface area contributed by atoms with Crippen LogP contribution in [0.4, 0.5) is 0 Å². The van der Waals surface area contributed by atoms with Gasteiger partial charge in [0.15, 0.2) is 5.65 Å². The molecule has 0 fully saturated rings. The van der Waals surface area contributed by atoms with Gasteiger partial charge in [0.25, 0.3) is 0 Å². The van der Waals surface area contributed by atoms with Crippen molar-refractivity contribution in [2.45, 2.75) is 19.9 Å². The predicted octanol–water partition coefficient (Wildman–Crippen LogP) is 1.48. The molecule has 4 rings (SSSR count). The minimum Gasteiger partial charge on any atom is -0.395 e. The second-order valence-electron chi connectivity index (χ2n) is 6.21. The zero-order valence-corrected chi connectivity index (χ0v) is 14.3. The van der Waals surface area contributed by atoms with E-state index in [1.807, 2.05) is 29.7 Å². The monoisotopic (exact) mass is 349 g/mol. The van der Waals surface area contributed by atoms with Crippen LogP contribution in [0.1, 0.15) is 22.8 Å². The summed E-state index contributed by atoms with van der Waals surface area (Å²) < 4.78 is 1.93. The minimum absolute atomic E-state index is 0.0101. The van der Waals surface area contributed by atoms with Crippen molar-refractivity contribution in [2.75, 3.05) is 6.61 Å². The molecule has 3 aromatic heterocycles. The maximum Gasteiger partial charge on any atom is 0.160 e. The Morgan fingerprint density at radius 1 is 1.31 bits per heavy atom. The zero-order valence-electron chi connectivity index (χ0n) is 14.3. The number of nitrogens with zero attached hydrogens (tertiary/aromatic N) is 4. The highest BCUT2D eigenvalue weighted by molar-refractivity contribution is 5.97. The van der Waals surface area contributed by atoms with E-state index in [2.05, 4.69) is 15.0 Å². The molecule has 5 N–H and O–H groups in total. The first-order valence-corrected chi connectivity index (χ1v) is 8.31. The van der Waals surface area contributed by atoms with Crippen LogP contribution >= 0.6 is 0 Å². The van der Waals surface area contributed by atoms with Gasteiger partial charge in [0.05, 0.1) is 24.1 Å². The molecule has 0 atom stereocenters. The fourth-order valence-corrected chi connectivity index (χ4v) is 3.12. The van der Waals surface area contributed by atoms with E-state index in [-0.39, 0.29) is 12.4 Å². The molecule has 1 aromatic carbocycles. The molecule has 0 unspecified atom stereocenters. The van der Waals surface area contributed by atoms with Crippen LogP contribution in [0.15, 0.2) is 30.5 Å². The number of fused-ring (bicyclic) bond motifs is 2. The molecule has 0 aliphatic carbocycles. The summed E-state index contributed by atoms with van der Waals surface area (Å²) in [7, 11) is 0. The van der Waals surface area contributed by atoms with E-state index < -0.39 is 0 Å². The van der Waals surface area contributed by atoms with Gasteiger partial charge in [-0.05, 0) is 36.8 Å². The number of aliphatic hydroxyl groups excluding tert-OH is 1. The number of aliphatic hydroxyl groups is 1. The van der Waals surface area contributed by atoms with Crippen molar-refractivity contribution in [1.29, 1.82) is 5.41 Å². The van der Waals surface area contributed by atoms with Crippen molar-refractivity contribution in [3.63, 3.8) is 0 Å². The van der Waals surface area contributed by atoms with Crippen molar-refractivity contribution in [3.8, 4) is 0 Å². The van der Waals surface area contributed by atoms with Crippen LogP contribution in [0.5, 0.6) is 0 Å². The topological polar surface area (TPSA) is 129 Å². The van der Waals surface area contributed by atoms with Gasteiger partial charge in [-0.15, -0.1) is 0 Å². The van der Waals surface area contributed by atoms with E-state index in [0.717, 1.165) is 39.4 Å². The summed E-state index contributed by atoms with van der Waals surface area (Å²) >= 11 is 0. The highest BCUT2D eigenvalue weighted by atomic mass is 16.3. The maximum atomic E-state index is 9.42. The largest absolute Gasteiger partial charge is 0.395 e. The van der Waals surface area contributed by atoms with Gasteiger partial charge in [0.1, 0.15) is 23.0 Å². The number of nitrogen functional groups attached to an aromatic ring is 1. The molecule has 8 nitrogen and oxygen atoms in total. The molecule has 8 heteroatoms. The van der Waals surface area contributed by atoms with E-state index >= 15 is 0 Å². The van der Waals surface area contributed by atoms with Gasteiger partial charge in [-0.1, -0.05) is 0 Å². The molecule has 0 radical (unpaired) electrons. The van der Waals surface area contributed by atoms with Gasteiger partial charge >= 0.3 is 0 Å². The summed E-state index contributed by atoms with van der Waals surface area (Å²) in [5, 5.41) is 17.0. The van der Waals surface area contributed by atoms with Gasteiger partial charge in [0.2, 0.25) is 0 Å². The van der Waals surface area contributed by atoms with E-state index in [9.17, 15) is 5.11 Å². The Morgan fingerprint density at radius 3 is 2.92 bits per heavy atom. The van der Waals surface area contributed by atoms with Crippen LogP contribution in [-0.2, 0) is 13.0 Å². The highest BCUT2D eigenvalue weighted by Crippen LogP contribution is 2.20. The number of aromatic nitrogens is 5. The summed E-state index contributed by atoms with van der Waals surface area (Å²) in [6.45, 7) is 2.43. The fraction of sp³-hybridized carbons (Fsp3) is 0.222. The van der Waals surface area contributed by atoms with Gasteiger partial charge in [-0.3, -0.25) is 5.41 Å². The third kappa shape index (κ3) is 2.70. The number of amidine groups is 1. The molecule has 0 amide bonds. The van der Waals surface area contributed by atoms with E-state index in [1.165, 1.54) is 0 Å². The second-order valence-corrected chi connectivity index (χ2v) is 6.21. The number of pyridine rings is 1. The summed E-state index contributed by atoms with van der Waals surface area (Å²) in [5.41, 5.74) is 10.5. The third-order valence-corrected chi connectivity index (χ3v) is 4.41. The van der Waals surface area contributed by atoms with Crippen molar-refractivity contribution >= 4 is 28.0 Å². The first-order chi connectivity index (χ1) is 12.6. The number of hydrogen-bond acceptors (Lipinski definition) is 5. The molecular weight excluding hydrogens is 330 g/mol. The van der Waals surface area contributed by atoms with Gasteiger partial charge < -0.3 is 20.4 Å². The average Bonchev–Trinajstić information content (AvgIpc) is 3.17. The van der Waals surface area contributed by atoms with Crippen LogP contribution in [0, 0.1) is 12.3 Å². The number of hydrogen-bond donors (Lipinski definition) is 4. The van der Waals surface area contributed by atoms with E-state index in [4.69, 9.17) is 16.1 Å². The Bertz CT molecular complexity index is 1130. The molecule has 3 heterocycles. The summed E-state index contributed by atoms with van der Waals surface area (Å²) in [6, 6.07) is 7.36. The smallest absolute Gasteiger partial charge is 0.160 e. The van der Waals surface area contributed by atoms with Gasteiger partial charge in [-0.25, -0.2) is 15.0 Å². The molecule has 132 valence electrons. The van der Waals surface area contributed by atoms with Gasteiger partial charge in [-0.2, -0.15) is 0 Å². The van der Waals surface area contributed by atoms with Crippen LogP contribution in [-0.4, -0.2) is 42.1 Å². The molecule has 4 aromatic rings. The number of aromatic amines is 1. The summed E-state index contributed by atoms with van der Waals surface area (Å²) in [6.07, 6.45) is 2.24. The molecule has 0 aliphatic rings. The van der Waals surface area contributed by atoms with Crippen LogP contribution in [0.2, 0.25) is 0 Å². The standard InChI is InChI=1S/C18H19N7O/c1-10-4-5-21-18-16(10)24-15(25(18)6-7-26)9-14-22-12-3-2-11(17(19)20)8-13(12)23-14/h2-5,8,26H,6-7,9H2,1H3,(H3,19,20)(H,22,23). The Labute approximate surface area is 149 Å². The quantitative estimate of drug-likeness (QED) is 0.320. The van der Waals surface area contributed by atoms with Crippen molar-refractivity contribution in [3.05, 3.63) is 53.2 Å². The Hall–Kier alpha value is -3.26. The Kier molecular flexibility index (Phi) is 3.89. The highest BCUT2D eigenvalue weighted by Gasteiger charge is 2.15. The summed E-state index contributed by atoms with van der Waals surface area (Å²) in [5.74, 6) is 1.57. The number of aryl methyl sites for hydroxylation is 1. The fourth-order valence-electron chi connectivity index (χ4n) is 3.12. The molecule has 0 aliphatic heterocycles. The number of nitrogens with two attached hydrogens (primary N) is 1. The van der Waals surface area contributed by atoms with E-state index in [0.29, 0.717) is 18.5 Å². The van der Waals surface area contributed by atoms with Gasteiger partial charge in [0, 0.05) is 18.3 Å². The van der Waals surface area contributed by atoms with Crippen molar-refractivity contribution in [2.24, 2.45) is 5.73 Å². The molecular formula is C18H19N7O. The zero-order chi connectivity index (χ0) is 18.3. The number of imidazole rings is 2. The van der Waals surface area contributed by atoms with Crippen molar-refractivity contribution in [1.82, 2.24) is 24.5 Å². The Morgan fingerprint density at radius 2 is 2.15 bits per heavy atom. The first-order valence-electron chi connectivity index (χ1n) is 8.31. The normalized spacial score (nSPS) is 11.5. The lowest BCUT2D eigenvalue weighted by molar-refractivity contribution is 0.276. The average molecular weight is 349 g/mol. The lowest BCUT2D eigenvalue weighted by atomic mass is 10.2. The number of benzene rings is 1. The molecule has 26 heavy (non-hydrogen) atoms. The maximum absolute atomic E-state index is 9.42. The number of H-pyrrole nitrogens is 1. The lowest BCUT2D eigenvalue weighted by Crippen LogP contribution is -2.10. The predicted molar refractivity (Wildman–Crippen MR) is 99.3 cm³/mol. The summed E-state index contributed by atoms with van der Waals surface area (Å²) in [4.78, 5) is 17.0. The van der Waals surface area contributed by atoms with Crippen LogP contribution < -0.4 is 5.73 Å². The first kappa shape index (κ1) is 16.2. The van der Waals surface area contributed by atoms with Crippen LogP contribution in [0.25, 0.3) is 22.2 Å². The second kappa shape index (κ2) is 6.23. The molecule has 0 saturated carbocycles. The SMILES string of the molecule is Cc1ccnc2c1nc(Cc1nc3ccc(C(=N)N)cc3[nH]1)n2CCO. The van der Waals surface area contributed by atoms with Crippen LogP contribution in [0.3, 0.4) is 0 Å². The molecule has 0 saturated heterocycles. The minimum atomic E-state index is 0.0101.